The Morgan fingerprint density at radius 3 is 2.42 bits per heavy atom. The molecule has 0 saturated carbocycles. The van der Waals surface area contributed by atoms with Crippen molar-refractivity contribution >= 4 is 17.2 Å². The number of carbonyl (C=O) groups excluding carboxylic acids is 1. The molecule has 7 heteroatoms. The minimum absolute atomic E-state index is 0.0582. The predicted octanol–water partition coefficient (Wildman–Crippen LogP) is 6.74. The van der Waals surface area contributed by atoms with Crippen molar-refractivity contribution in [2.24, 2.45) is 0 Å². The molecule has 0 bridgehead atoms. The quantitative estimate of drug-likeness (QED) is 0.251. The van der Waals surface area contributed by atoms with E-state index in [9.17, 15) is 4.79 Å². The number of nitrogens with one attached hydrogen (secondary N) is 1. The number of rotatable bonds is 7. The Bertz CT molecular complexity index is 1670. The number of carbonyl (C=O) groups is 1. The van der Waals surface area contributed by atoms with Crippen molar-refractivity contribution in [3.8, 4) is 22.4 Å². The van der Waals surface area contributed by atoms with Crippen LogP contribution in [0.3, 0.4) is 0 Å². The molecule has 5 rings (SSSR count). The van der Waals surface area contributed by atoms with Gasteiger partial charge in [-0.05, 0) is 89.8 Å². The van der Waals surface area contributed by atoms with Crippen LogP contribution in [-0.4, -0.2) is 39.3 Å². The summed E-state index contributed by atoms with van der Waals surface area (Å²) in [5.41, 5.74) is 7.56. The average Bonchev–Trinajstić information content (AvgIpc) is 3.33. The summed E-state index contributed by atoms with van der Waals surface area (Å²) in [7, 11) is 4.03. The molecule has 0 aliphatic heterocycles. The Morgan fingerprint density at radius 1 is 0.950 bits per heavy atom. The van der Waals surface area contributed by atoms with Gasteiger partial charge in [-0.15, -0.1) is 0 Å². The van der Waals surface area contributed by atoms with Crippen LogP contribution in [0, 0.1) is 5.82 Å². The number of amides is 1. The third-order valence-electron chi connectivity index (χ3n) is 6.87. The van der Waals surface area contributed by atoms with Crippen LogP contribution in [0.25, 0.3) is 28.0 Å². The van der Waals surface area contributed by atoms with E-state index in [1.54, 1.807) is 24.7 Å². The predicted molar refractivity (Wildman–Crippen MR) is 159 cm³/mol. The maximum atomic E-state index is 15.2. The van der Waals surface area contributed by atoms with Gasteiger partial charge in [0.2, 0.25) is 5.91 Å². The number of benzene rings is 2. The topological polar surface area (TPSA) is 62.5 Å². The minimum atomic E-state index is -0.423. The molecular formula is C33H34FN5O. The van der Waals surface area contributed by atoms with Crippen LogP contribution in [0.15, 0.2) is 85.5 Å². The Kier molecular flexibility index (Phi) is 7.50. The van der Waals surface area contributed by atoms with E-state index in [-0.39, 0.29) is 17.7 Å². The first-order valence-corrected chi connectivity index (χ1v) is 13.3. The van der Waals surface area contributed by atoms with E-state index in [2.05, 4.69) is 47.0 Å². The van der Waals surface area contributed by atoms with Crippen molar-refractivity contribution in [2.45, 2.75) is 39.2 Å². The highest BCUT2D eigenvalue weighted by Gasteiger charge is 2.17. The summed E-state index contributed by atoms with van der Waals surface area (Å²) in [6.07, 6.45) is 7.12. The molecule has 5 aromatic rings. The molecule has 6 nitrogen and oxygen atoms in total. The number of hydrogen-bond donors (Lipinski definition) is 1. The van der Waals surface area contributed by atoms with Crippen LogP contribution in [0.1, 0.15) is 37.5 Å². The smallest absolute Gasteiger partial charge is 0.228 e. The number of pyridine rings is 2. The molecular weight excluding hydrogens is 501 g/mol. The van der Waals surface area contributed by atoms with Gasteiger partial charge in [-0.1, -0.05) is 39.0 Å². The van der Waals surface area contributed by atoms with E-state index in [0.717, 1.165) is 45.8 Å². The zero-order valence-electron chi connectivity index (χ0n) is 23.6. The van der Waals surface area contributed by atoms with Gasteiger partial charge in [0.15, 0.2) is 0 Å². The van der Waals surface area contributed by atoms with Gasteiger partial charge in [-0.25, -0.2) is 9.37 Å². The van der Waals surface area contributed by atoms with Crippen LogP contribution in [-0.2, 0) is 23.2 Å². The van der Waals surface area contributed by atoms with Gasteiger partial charge in [0.05, 0.1) is 18.3 Å². The lowest BCUT2D eigenvalue weighted by molar-refractivity contribution is -0.115. The van der Waals surface area contributed by atoms with Gasteiger partial charge in [0.25, 0.3) is 0 Å². The summed E-state index contributed by atoms with van der Waals surface area (Å²) in [4.78, 5) is 23.7. The number of nitrogens with zero attached hydrogens (tertiary/aromatic N) is 4. The van der Waals surface area contributed by atoms with E-state index in [1.165, 1.54) is 6.07 Å². The van der Waals surface area contributed by atoms with Crippen LogP contribution in [0.5, 0.6) is 0 Å². The van der Waals surface area contributed by atoms with E-state index in [4.69, 9.17) is 0 Å². The van der Waals surface area contributed by atoms with Crippen LogP contribution >= 0.6 is 0 Å². The first kappa shape index (κ1) is 27.2. The maximum Gasteiger partial charge on any atom is 0.228 e. The molecule has 3 heterocycles. The van der Waals surface area contributed by atoms with Crippen LogP contribution in [0.2, 0.25) is 0 Å². The fraction of sp³-hybridized carbons (Fsp3) is 0.242. The number of halogens is 1. The maximum absolute atomic E-state index is 15.2. The number of fused-ring (bicyclic) bond motifs is 1. The van der Waals surface area contributed by atoms with Gasteiger partial charge in [0.1, 0.15) is 11.5 Å². The summed E-state index contributed by atoms with van der Waals surface area (Å²) in [5.74, 6) is -0.681. The van der Waals surface area contributed by atoms with E-state index < -0.39 is 5.82 Å². The second-order valence-electron chi connectivity index (χ2n) is 11.5. The van der Waals surface area contributed by atoms with Gasteiger partial charge in [-0.2, -0.15) is 0 Å². The fourth-order valence-corrected chi connectivity index (χ4v) is 4.80. The van der Waals surface area contributed by atoms with Crippen molar-refractivity contribution in [2.75, 3.05) is 19.4 Å². The van der Waals surface area contributed by atoms with Gasteiger partial charge >= 0.3 is 0 Å². The summed E-state index contributed by atoms with van der Waals surface area (Å²) in [6, 6.07) is 19.0. The zero-order valence-corrected chi connectivity index (χ0v) is 23.6. The lowest BCUT2D eigenvalue weighted by Gasteiger charge is -2.22. The van der Waals surface area contributed by atoms with Crippen LogP contribution < -0.4 is 5.32 Å². The standard InChI is InChI=1S/C33H34FN5O/c1-33(2,3)27-14-22(21-38(4)5)15-28(19-27)37-32(40)18-25-6-7-26(16-29(25)34)30-20-36-31-17-24(10-13-39(30)31)23-8-11-35-12-9-23/h6-17,19-20H,18,21H2,1-5H3,(H,37,40). The summed E-state index contributed by atoms with van der Waals surface area (Å²) in [6.45, 7) is 7.20. The Hall–Kier alpha value is -4.36. The largest absolute Gasteiger partial charge is 0.326 e. The van der Waals surface area contributed by atoms with Gasteiger partial charge in [-0.3, -0.25) is 14.2 Å². The molecule has 0 unspecified atom stereocenters. The fourth-order valence-electron chi connectivity index (χ4n) is 4.80. The highest BCUT2D eigenvalue weighted by Crippen LogP contribution is 2.29. The molecule has 204 valence electrons. The molecule has 1 amide bonds. The second kappa shape index (κ2) is 11.0. The Labute approximate surface area is 234 Å². The Morgan fingerprint density at radius 2 is 1.73 bits per heavy atom. The molecule has 0 fully saturated rings. The monoisotopic (exact) mass is 535 g/mol. The Balaban J connectivity index is 1.34. The molecule has 40 heavy (non-hydrogen) atoms. The summed E-state index contributed by atoms with van der Waals surface area (Å²) < 4.78 is 17.2. The van der Waals surface area contributed by atoms with Crippen molar-refractivity contribution in [1.29, 1.82) is 0 Å². The highest BCUT2D eigenvalue weighted by molar-refractivity contribution is 5.92. The lowest BCUT2D eigenvalue weighted by atomic mass is 9.85. The van der Waals surface area contributed by atoms with Crippen molar-refractivity contribution < 1.29 is 9.18 Å². The SMILES string of the molecule is CN(C)Cc1cc(NC(=O)Cc2ccc(-c3cnc4cc(-c5ccncc5)ccn34)cc2F)cc(C(C)(C)C)c1. The summed E-state index contributed by atoms with van der Waals surface area (Å²) in [5, 5.41) is 2.99. The summed E-state index contributed by atoms with van der Waals surface area (Å²) >= 11 is 0. The minimum Gasteiger partial charge on any atom is -0.326 e. The molecule has 0 aliphatic rings. The molecule has 0 spiro atoms. The molecule has 1 N–H and O–H groups in total. The van der Waals surface area contributed by atoms with Crippen molar-refractivity contribution in [1.82, 2.24) is 19.3 Å². The lowest BCUT2D eigenvalue weighted by Crippen LogP contribution is -2.18. The van der Waals surface area contributed by atoms with Gasteiger partial charge in [0, 0.05) is 36.4 Å². The molecule has 0 aliphatic carbocycles. The number of aromatic nitrogens is 3. The average molecular weight is 536 g/mol. The first-order chi connectivity index (χ1) is 19.1. The van der Waals surface area contributed by atoms with Crippen LogP contribution in [0.4, 0.5) is 10.1 Å². The third kappa shape index (κ3) is 6.10. The molecule has 0 atom stereocenters. The number of hydrogen-bond acceptors (Lipinski definition) is 4. The molecule has 0 radical (unpaired) electrons. The molecule has 0 saturated heterocycles. The van der Waals surface area contributed by atoms with E-state index >= 15 is 4.39 Å². The van der Waals surface area contributed by atoms with Gasteiger partial charge < -0.3 is 10.2 Å². The molecule has 2 aromatic carbocycles. The van der Waals surface area contributed by atoms with Crippen molar-refractivity contribution in [3.05, 3.63) is 108 Å². The zero-order chi connectivity index (χ0) is 28.4. The van der Waals surface area contributed by atoms with E-state index in [0.29, 0.717) is 11.1 Å². The number of imidazole rings is 1. The highest BCUT2D eigenvalue weighted by atomic mass is 19.1. The second-order valence-corrected chi connectivity index (χ2v) is 11.5. The first-order valence-electron chi connectivity index (χ1n) is 13.3. The molecule has 3 aromatic heterocycles. The van der Waals surface area contributed by atoms with Crippen molar-refractivity contribution in [3.63, 3.8) is 0 Å². The normalized spacial score (nSPS) is 11.8. The number of anilines is 1. The third-order valence-corrected chi connectivity index (χ3v) is 6.87. The van der Waals surface area contributed by atoms with E-state index in [1.807, 2.05) is 67.2 Å².